The van der Waals surface area contributed by atoms with Gasteiger partial charge in [-0.05, 0) is 18.9 Å². The van der Waals surface area contributed by atoms with Crippen molar-refractivity contribution < 1.29 is 4.74 Å². The van der Waals surface area contributed by atoms with Gasteiger partial charge in [0.15, 0.2) is 0 Å². The Kier molecular flexibility index (Phi) is 14.4. The first-order valence-electron chi connectivity index (χ1n) is 9.94. The molecular weight excluding hydrogens is 306 g/mol. The van der Waals surface area contributed by atoms with Gasteiger partial charge in [-0.2, -0.15) is 0 Å². The molecule has 0 spiro atoms. The summed E-state index contributed by atoms with van der Waals surface area (Å²) in [6.07, 6.45) is 32.3. The van der Waals surface area contributed by atoms with Gasteiger partial charge < -0.3 is 4.74 Å². The van der Waals surface area contributed by atoms with Gasteiger partial charge in [-0.1, -0.05) is 100 Å². The smallest absolute Gasteiger partial charge is 0.208 e. The van der Waals surface area contributed by atoms with Gasteiger partial charge in [0.2, 0.25) is 5.90 Å². The van der Waals surface area contributed by atoms with E-state index in [1.165, 1.54) is 51.4 Å². The minimum atomic E-state index is 0.742. The van der Waals surface area contributed by atoms with Gasteiger partial charge in [-0.3, -0.25) is 4.99 Å². The lowest BCUT2D eigenvalue weighted by molar-refractivity contribution is 0.285. The van der Waals surface area contributed by atoms with Gasteiger partial charge in [0.25, 0.3) is 0 Å². The lowest BCUT2D eigenvalue weighted by Crippen LogP contribution is -2.10. The van der Waals surface area contributed by atoms with Crippen molar-refractivity contribution in [3.05, 3.63) is 60.8 Å². The van der Waals surface area contributed by atoms with E-state index in [0.717, 1.165) is 25.5 Å². The Morgan fingerprint density at radius 1 is 0.800 bits per heavy atom. The summed E-state index contributed by atoms with van der Waals surface area (Å²) in [5.41, 5.74) is 0. The maximum absolute atomic E-state index is 5.40. The van der Waals surface area contributed by atoms with Crippen molar-refractivity contribution in [3.63, 3.8) is 0 Å². The average molecular weight is 342 g/mol. The molecule has 1 rings (SSSR count). The molecule has 25 heavy (non-hydrogen) atoms. The Bertz CT molecular complexity index is 480. The molecule has 0 unspecified atom stereocenters. The van der Waals surface area contributed by atoms with E-state index in [2.05, 4.69) is 36.2 Å². The summed E-state index contributed by atoms with van der Waals surface area (Å²) in [5.74, 6) is 0.742. The van der Waals surface area contributed by atoms with Crippen LogP contribution in [0, 0.1) is 0 Å². The van der Waals surface area contributed by atoms with Crippen molar-refractivity contribution in [2.75, 3.05) is 13.2 Å². The molecule has 0 radical (unpaired) electrons. The van der Waals surface area contributed by atoms with Crippen LogP contribution in [0.2, 0.25) is 0 Å². The third-order valence-corrected chi connectivity index (χ3v) is 3.95. The Balaban J connectivity index is 1.99. The number of rotatable bonds is 13. The highest BCUT2D eigenvalue weighted by Crippen LogP contribution is 2.08. The molecule has 1 heterocycles. The zero-order valence-electron chi connectivity index (χ0n) is 15.9. The zero-order valence-corrected chi connectivity index (χ0v) is 15.9. The number of hydrogen-bond donors (Lipinski definition) is 0. The molecule has 2 nitrogen and oxygen atoms in total. The first-order chi connectivity index (χ1) is 12.4. The second-order valence-corrected chi connectivity index (χ2v) is 6.27. The monoisotopic (exact) mass is 341 g/mol. The van der Waals surface area contributed by atoms with Gasteiger partial charge in [0.1, 0.15) is 0 Å². The zero-order chi connectivity index (χ0) is 17.8. The van der Waals surface area contributed by atoms with Crippen LogP contribution in [-0.2, 0) is 4.74 Å². The van der Waals surface area contributed by atoms with Crippen LogP contribution in [0.5, 0.6) is 0 Å². The van der Waals surface area contributed by atoms with Gasteiger partial charge in [-0.15, -0.1) is 0 Å². The van der Waals surface area contributed by atoms with E-state index in [4.69, 9.17) is 4.74 Å². The van der Waals surface area contributed by atoms with Crippen molar-refractivity contribution >= 4 is 5.90 Å². The predicted octanol–water partition coefficient (Wildman–Crippen LogP) is 6.73. The second-order valence-electron chi connectivity index (χ2n) is 6.27. The summed E-state index contributed by atoms with van der Waals surface area (Å²) in [6, 6.07) is 0. The van der Waals surface area contributed by atoms with Crippen LogP contribution in [0.4, 0.5) is 0 Å². The van der Waals surface area contributed by atoms with Gasteiger partial charge in [0.05, 0.1) is 6.61 Å². The lowest BCUT2D eigenvalue weighted by Gasteiger charge is -2.09. The van der Waals surface area contributed by atoms with Crippen molar-refractivity contribution in [2.45, 2.75) is 64.7 Å². The maximum Gasteiger partial charge on any atom is 0.208 e. The fourth-order valence-electron chi connectivity index (χ4n) is 2.49. The molecular formula is C23H35NO. The van der Waals surface area contributed by atoms with E-state index >= 15 is 0 Å². The fraction of sp³-hybridized carbons (Fsp3) is 0.522. The summed E-state index contributed by atoms with van der Waals surface area (Å²) < 4.78 is 5.40. The third kappa shape index (κ3) is 14.2. The van der Waals surface area contributed by atoms with Gasteiger partial charge in [0, 0.05) is 13.0 Å². The van der Waals surface area contributed by atoms with Crippen LogP contribution >= 0.6 is 0 Å². The molecule has 0 aliphatic carbocycles. The normalized spacial score (nSPS) is 16.0. The molecule has 0 aromatic carbocycles. The van der Waals surface area contributed by atoms with Crippen LogP contribution in [0.25, 0.3) is 0 Å². The molecule has 0 aromatic heterocycles. The SMILES string of the molecule is CCCCCCCCCC=CC=CC=CC=CC=CC1=NCCCO1. The molecule has 0 fully saturated rings. The largest absolute Gasteiger partial charge is 0.478 e. The van der Waals surface area contributed by atoms with Gasteiger partial charge >= 0.3 is 0 Å². The summed E-state index contributed by atoms with van der Waals surface area (Å²) in [5, 5.41) is 0. The molecule has 1 aliphatic rings. The highest BCUT2D eigenvalue weighted by Gasteiger charge is 1.99. The van der Waals surface area contributed by atoms with E-state index in [1.54, 1.807) is 0 Å². The third-order valence-electron chi connectivity index (χ3n) is 3.95. The quantitative estimate of drug-likeness (QED) is 0.269. The molecule has 0 atom stereocenters. The summed E-state index contributed by atoms with van der Waals surface area (Å²) in [7, 11) is 0. The van der Waals surface area contributed by atoms with Crippen LogP contribution in [0.3, 0.4) is 0 Å². The van der Waals surface area contributed by atoms with Crippen molar-refractivity contribution in [1.82, 2.24) is 0 Å². The molecule has 1 aliphatic heterocycles. The minimum Gasteiger partial charge on any atom is -0.478 e. The first-order valence-corrected chi connectivity index (χ1v) is 9.94. The van der Waals surface area contributed by atoms with E-state index in [0.29, 0.717) is 0 Å². The van der Waals surface area contributed by atoms with E-state index < -0.39 is 0 Å². The summed E-state index contributed by atoms with van der Waals surface area (Å²) >= 11 is 0. The second kappa shape index (κ2) is 17.0. The van der Waals surface area contributed by atoms with E-state index in [-0.39, 0.29) is 0 Å². The Morgan fingerprint density at radius 3 is 2.12 bits per heavy atom. The first kappa shape index (κ1) is 21.2. The number of aliphatic imine (C=N–C) groups is 1. The number of allylic oxidation sites excluding steroid dienone is 9. The molecule has 2 heteroatoms. The van der Waals surface area contributed by atoms with E-state index in [1.807, 2.05) is 36.5 Å². The molecule has 138 valence electrons. The van der Waals surface area contributed by atoms with Crippen LogP contribution in [0.1, 0.15) is 64.7 Å². The Morgan fingerprint density at radius 2 is 1.44 bits per heavy atom. The molecule has 0 aromatic rings. The fourth-order valence-corrected chi connectivity index (χ4v) is 2.49. The number of ether oxygens (including phenoxy) is 1. The predicted molar refractivity (Wildman–Crippen MR) is 111 cm³/mol. The highest BCUT2D eigenvalue weighted by molar-refractivity contribution is 5.88. The highest BCUT2D eigenvalue weighted by atomic mass is 16.5. The number of hydrogen-bond acceptors (Lipinski definition) is 2. The topological polar surface area (TPSA) is 21.6 Å². The molecule has 0 saturated carbocycles. The Hall–Kier alpha value is -1.83. The van der Waals surface area contributed by atoms with Crippen LogP contribution in [-0.4, -0.2) is 19.0 Å². The standard InChI is InChI=1S/C23H35NO/c1-2-3-4-5-6-7-8-9-10-11-12-13-14-15-16-17-18-20-23-24-21-19-22-25-23/h10-18,20H,2-9,19,21-22H2,1H3. The summed E-state index contributed by atoms with van der Waals surface area (Å²) in [6.45, 7) is 3.93. The molecule has 0 N–H and O–H groups in total. The van der Waals surface area contributed by atoms with Crippen molar-refractivity contribution in [1.29, 1.82) is 0 Å². The van der Waals surface area contributed by atoms with Gasteiger partial charge in [-0.25, -0.2) is 0 Å². The lowest BCUT2D eigenvalue weighted by atomic mass is 10.1. The number of nitrogens with zero attached hydrogens (tertiary/aromatic N) is 1. The molecule has 0 bridgehead atoms. The minimum absolute atomic E-state index is 0.742. The summed E-state index contributed by atoms with van der Waals surface area (Å²) in [4.78, 5) is 4.28. The van der Waals surface area contributed by atoms with E-state index in [9.17, 15) is 0 Å². The van der Waals surface area contributed by atoms with Crippen LogP contribution < -0.4 is 0 Å². The van der Waals surface area contributed by atoms with Crippen LogP contribution in [0.15, 0.2) is 65.8 Å². The molecule has 0 amide bonds. The average Bonchev–Trinajstić information content (AvgIpc) is 2.65. The molecule has 0 saturated heterocycles. The Labute approximate surface area is 154 Å². The van der Waals surface area contributed by atoms with Crippen molar-refractivity contribution in [2.24, 2.45) is 4.99 Å². The number of unbranched alkanes of at least 4 members (excludes halogenated alkanes) is 7. The van der Waals surface area contributed by atoms with Crippen molar-refractivity contribution in [3.8, 4) is 0 Å². The maximum atomic E-state index is 5.40.